The van der Waals surface area contributed by atoms with Crippen molar-refractivity contribution in [2.75, 3.05) is 59.4 Å². The number of likely N-dealkylation sites (tertiary alicyclic amines) is 2. The van der Waals surface area contributed by atoms with Gasteiger partial charge in [-0.05, 0) is 132 Å². The number of nitrogens with one attached hydrogen (secondary N) is 1. The van der Waals surface area contributed by atoms with Gasteiger partial charge in [0.1, 0.15) is 6.04 Å². The smallest absolute Gasteiger partial charge is 0.318 e. The fourth-order valence-corrected chi connectivity index (χ4v) is 10.9. The molecule has 5 heterocycles. The molecular weight excluding hydrogens is 921 g/mol. The second-order valence-electron chi connectivity index (χ2n) is 21.4. The van der Waals surface area contributed by atoms with Gasteiger partial charge in [-0.1, -0.05) is 84.9 Å². The molecule has 1 atom stereocenters. The van der Waals surface area contributed by atoms with E-state index < -0.39 is 22.8 Å². The highest BCUT2D eigenvalue weighted by Crippen LogP contribution is 2.31. The molecule has 0 bridgehead atoms. The van der Waals surface area contributed by atoms with E-state index in [9.17, 15) is 24.0 Å². The van der Waals surface area contributed by atoms with Crippen molar-refractivity contribution in [1.29, 1.82) is 0 Å². The number of carbonyl (C=O) groups excluding carboxylic acids is 4. The Hall–Kier alpha value is -6.84. The lowest BCUT2D eigenvalue weighted by Crippen LogP contribution is -2.59. The second kappa shape index (κ2) is 21.7. The number of aromatic nitrogens is 3. The van der Waals surface area contributed by atoms with Gasteiger partial charge in [-0.15, -0.1) is 0 Å². The molecule has 9 rings (SSSR count). The minimum Gasteiger partial charge on any atom is -0.443 e. The Labute approximate surface area is 428 Å². The fourth-order valence-electron chi connectivity index (χ4n) is 10.9. The van der Waals surface area contributed by atoms with Crippen LogP contribution in [0.2, 0.25) is 0 Å². The number of benzene rings is 4. The van der Waals surface area contributed by atoms with Crippen LogP contribution in [0.1, 0.15) is 87.1 Å². The van der Waals surface area contributed by atoms with Crippen LogP contribution in [-0.4, -0.2) is 129 Å². The predicted molar refractivity (Wildman–Crippen MR) is 282 cm³/mol. The molecule has 3 amide bonds. The highest BCUT2D eigenvalue weighted by atomic mass is 16.5. The number of esters is 2. The number of piperidine rings is 2. The van der Waals surface area contributed by atoms with Gasteiger partial charge in [0.25, 0.3) is 5.56 Å². The number of carbonyl (C=O) groups is 4. The van der Waals surface area contributed by atoms with Crippen LogP contribution < -0.4 is 10.9 Å². The van der Waals surface area contributed by atoms with Crippen LogP contribution in [0.4, 0.5) is 4.79 Å². The lowest BCUT2D eigenvalue weighted by Gasteiger charge is -2.43. The van der Waals surface area contributed by atoms with Gasteiger partial charge in [0.2, 0.25) is 5.91 Å². The number of nitrogens with zero attached hydrogens (tertiary/aromatic N) is 7. The molecule has 384 valence electrons. The maximum Gasteiger partial charge on any atom is 0.318 e. The second-order valence-corrected chi connectivity index (χ2v) is 21.4. The Bertz CT molecular complexity index is 3000. The van der Waals surface area contributed by atoms with E-state index in [0.717, 1.165) is 77.6 Å². The molecule has 0 radical (unpaired) electrons. The number of ether oxygens (including phenoxy) is 2. The third-order valence-electron chi connectivity index (χ3n) is 15.7. The number of rotatable bonds is 14. The molecule has 3 saturated heterocycles. The summed E-state index contributed by atoms with van der Waals surface area (Å²) in [5, 5.41) is 9.63. The molecule has 4 aromatic carbocycles. The van der Waals surface area contributed by atoms with Crippen LogP contribution in [-0.2, 0) is 54.6 Å². The summed E-state index contributed by atoms with van der Waals surface area (Å²) in [5.74, 6) is -1.05. The van der Waals surface area contributed by atoms with Crippen molar-refractivity contribution >= 4 is 45.7 Å². The number of hydrogen-bond acceptors (Lipinski definition) is 10. The topological polar surface area (TPSA) is 152 Å². The van der Waals surface area contributed by atoms with E-state index in [0.29, 0.717) is 56.1 Å². The van der Waals surface area contributed by atoms with Crippen molar-refractivity contribution in [2.24, 2.45) is 0 Å². The first-order valence-electron chi connectivity index (χ1n) is 25.9. The van der Waals surface area contributed by atoms with Gasteiger partial charge < -0.3 is 29.5 Å². The van der Waals surface area contributed by atoms with Gasteiger partial charge in [0, 0.05) is 68.9 Å². The highest BCUT2D eigenvalue weighted by Gasteiger charge is 2.36. The predicted octanol–water partition coefficient (Wildman–Crippen LogP) is 7.36. The molecule has 0 aliphatic carbocycles. The van der Waals surface area contributed by atoms with Gasteiger partial charge in [0.05, 0.1) is 21.9 Å². The lowest BCUT2D eigenvalue weighted by molar-refractivity contribution is -0.154. The zero-order chi connectivity index (χ0) is 51.4. The van der Waals surface area contributed by atoms with E-state index in [1.54, 1.807) is 14.1 Å². The van der Waals surface area contributed by atoms with Crippen molar-refractivity contribution in [3.05, 3.63) is 147 Å². The van der Waals surface area contributed by atoms with Crippen LogP contribution in [0.5, 0.6) is 0 Å². The molecule has 1 N–H and O–H groups in total. The van der Waals surface area contributed by atoms with Crippen molar-refractivity contribution < 1.29 is 28.7 Å². The molecule has 15 nitrogen and oxygen atoms in total. The summed E-state index contributed by atoms with van der Waals surface area (Å²) in [4.78, 5) is 78.8. The monoisotopic (exact) mass is 991 g/mol. The largest absolute Gasteiger partial charge is 0.443 e. The zero-order valence-corrected chi connectivity index (χ0v) is 43.2. The summed E-state index contributed by atoms with van der Waals surface area (Å²) in [5.41, 5.74) is 3.50. The standard InChI is InChI=1S/C58H70N8O7/c1-40-33-41(34-44-37-65(60-51(40)44)38-72-54(69)57(2,3)45-16-9-7-10-17-45)35-49(53(68)63-31-29-62(30-32-63)47-23-25-61(6)26-24-47)59-56(71)64-27-21-42(22-28-64)48-36-43-15-13-14-20-50(43)66(52(48)67)39-73-55(70)58(4,5)46-18-11-8-12-19-46/h7-20,33-34,36-37,42,47,49H,21-32,35,38-39H2,1-6H3,(H,59,71)/t49-/m1/s1. The molecule has 73 heavy (non-hydrogen) atoms. The van der Waals surface area contributed by atoms with Gasteiger partial charge in [0.15, 0.2) is 13.5 Å². The normalized spacial score (nSPS) is 17.2. The Balaban J connectivity index is 0.891. The molecule has 15 heteroatoms. The number of amides is 3. The molecule has 3 aliphatic heterocycles. The molecule has 3 fully saturated rings. The number of para-hydroxylation sites is 1. The molecular formula is C58H70N8O7. The SMILES string of the molecule is Cc1cc(C[C@@H](NC(=O)N2CCC(c3cc4ccccc4n(COC(=O)C(C)(C)c4ccccc4)c3=O)CC2)C(=O)N2CCN(C3CCN(C)CC3)CC2)cc2cn(COC(=O)C(C)(C)c3ccccc3)nc12. The number of piperazine rings is 1. The van der Waals surface area contributed by atoms with E-state index in [4.69, 9.17) is 14.6 Å². The molecule has 0 unspecified atom stereocenters. The van der Waals surface area contributed by atoms with Crippen LogP contribution in [0.3, 0.4) is 0 Å². The van der Waals surface area contributed by atoms with E-state index in [2.05, 4.69) is 22.2 Å². The van der Waals surface area contributed by atoms with Crippen LogP contribution in [0, 0.1) is 6.92 Å². The fraction of sp³-hybridized carbons (Fsp3) is 0.448. The third-order valence-corrected chi connectivity index (χ3v) is 15.7. The van der Waals surface area contributed by atoms with E-state index in [-0.39, 0.29) is 49.3 Å². The number of hydrogen-bond donors (Lipinski definition) is 1. The average molecular weight is 991 g/mol. The summed E-state index contributed by atoms with van der Waals surface area (Å²) >= 11 is 0. The molecule has 6 aromatic rings. The zero-order valence-electron chi connectivity index (χ0n) is 43.2. The lowest BCUT2D eigenvalue weighted by atomic mass is 9.85. The van der Waals surface area contributed by atoms with Crippen molar-refractivity contribution in [2.45, 2.75) is 109 Å². The maximum absolute atomic E-state index is 14.7. The summed E-state index contributed by atoms with van der Waals surface area (Å²) in [6.45, 7) is 14.7. The maximum atomic E-state index is 14.7. The Morgan fingerprint density at radius 2 is 1.27 bits per heavy atom. The van der Waals surface area contributed by atoms with Crippen LogP contribution >= 0.6 is 0 Å². The molecule has 0 saturated carbocycles. The quantitative estimate of drug-likeness (QED) is 0.110. The van der Waals surface area contributed by atoms with E-state index in [1.807, 2.05) is 149 Å². The summed E-state index contributed by atoms with van der Waals surface area (Å²) < 4.78 is 14.8. The molecule has 2 aromatic heterocycles. The number of aryl methyl sites for hydroxylation is 1. The van der Waals surface area contributed by atoms with Gasteiger partial charge in [-0.3, -0.25) is 28.6 Å². The molecule has 0 spiro atoms. The number of urea groups is 1. The van der Waals surface area contributed by atoms with Crippen molar-refractivity contribution in [3.8, 4) is 0 Å². The van der Waals surface area contributed by atoms with E-state index in [1.165, 1.54) is 0 Å². The minimum absolute atomic E-state index is 0.0595. The first-order valence-corrected chi connectivity index (χ1v) is 25.9. The highest BCUT2D eigenvalue weighted by molar-refractivity contribution is 5.89. The van der Waals surface area contributed by atoms with Gasteiger partial charge >= 0.3 is 18.0 Å². The average Bonchev–Trinajstić information content (AvgIpc) is 3.83. The van der Waals surface area contributed by atoms with Crippen LogP contribution in [0.15, 0.2) is 114 Å². The summed E-state index contributed by atoms with van der Waals surface area (Å²) in [6, 6.07) is 31.9. The van der Waals surface area contributed by atoms with Gasteiger partial charge in [-0.2, -0.15) is 5.10 Å². The van der Waals surface area contributed by atoms with E-state index >= 15 is 0 Å². The first-order chi connectivity index (χ1) is 35.1. The summed E-state index contributed by atoms with van der Waals surface area (Å²) in [7, 11) is 2.17. The number of pyridine rings is 1. The first kappa shape index (κ1) is 51.1. The third kappa shape index (κ3) is 11.2. The Morgan fingerprint density at radius 1 is 0.685 bits per heavy atom. The van der Waals surface area contributed by atoms with Crippen molar-refractivity contribution in [3.63, 3.8) is 0 Å². The van der Waals surface area contributed by atoms with Crippen LogP contribution in [0.25, 0.3) is 21.8 Å². The van der Waals surface area contributed by atoms with Gasteiger partial charge in [-0.25, -0.2) is 9.48 Å². The minimum atomic E-state index is -0.923. The van der Waals surface area contributed by atoms with Crippen molar-refractivity contribution in [1.82, 2.24) is 39.3 Å². The Kier molecular flexibility index (Phi) is 15.2. The summed E-state index contributed by atoms with van der Waals surface area (Å²) in [6.07, 6.45) is 5.43. The Morgan fingerprint density at radius 3 is 1.90 bits per heavy atom. The molecule has 3 aliphatic rings. The number of fused-ring (bicyclic) bond motifs is 2.